The van der Waals surface area contributed by atoms with Crippen LogP contribution < -0.4 is 9.80 Å². The first-order valence-electron chi connectivity index (χ1n) is 10.1. The fourth-order valence-corrected chi connectivity index (χ4v) is 4.53. The number of morpholine rings is 1. The third kappa shape index (κ3) is 3.41. The van der Waals surface area contributed by atoms with Crippen molar-refractivity contribution in [2.75, 3.05) is 49.2 Å². The number of hydrogen-bond acceptors (Lipinski definition) is 6. The van der Waals surface area contributed by atoms with Crippen LogP contribution in [0.5, 0.6) is 0 Å². The molecular weight excluding hydrogens is 422 g/mol. The number of cyclic esters (lactones) is 1. The van der Waals surface area contributed by atoms with E-state index in [9.17, 15) is 14.4 Å². The molecule has 3 aliphatic heterocycles. The number of carbonyl (C=O) groups is 3. The normalized spacial score (nSPS) is 21.0. The van der Waals surface area contributed by atoms with Gasteiger partial charge in [0.25, 0.3) is 11.8 Å². The summed E-state index contributed by atoms with van der Waals surface area (Å²) in [5, 5.41) is 0.538. The summed E-state index contributed by atoms with van der Waals surface area (Å²) in [4.78, 5) is 42.8. The molecule has 3 heterocycles. The largest absolute Gasteiger partial charge is 0.442 e. The van der Waals surface area contributed by atoms with Crippen LogP contribution in [0.3, 0.4) is 0 Å². The van der Waals surface area contributed by atoms with Crippen molar-refractivity contribution in [3.8, 4) is 0 Å². The van der Waals surface area contributed by atoms with Crippen LogP contribution in [0, 0.1) is 0 Å². The summed E-state index contributed by atoms with van der Waals surface area (Å²) in [6.07, 6.45) is -1.16. The van der Waals surface area contributed by atoms with Crippen LogP contribution in [0.15, 0.2) is 42.5 Å². The Hall–Kier alpha value is -3.10. The molecule has 1 atom stereocenters. The van der Waals surface area contributed by atoms with Crippen LogP contribution in [-0.4, -0.2) is 68.3 Å². The maximum atomic E-state index is 12.7. The summed E-state index contributed by atoms with van der Waals surface area (Å²) in [6, 6.07) is 12.1. The van der Waals surface area contributed by atoms with Crippen LogP contribution in [0.25, 0.3) is 0 Å². The van der Waals surface area contributed by atoms with E-state index in [0.29, 0.717) is 48.1 Å². The summed E-state index contributed by atoms with van der Waals surface area (Å²) < 4.78 is 10.9. The van der Waals surface area contributed by atoms with Crippen molar-refractivity contribution in [3.63, 3.8) is 0 Å². The molecule has 31 heavy (non-hydrogen) atoms. The summed E-state index contributed by atoms with van der Waals surface area (Å²) >= 11 is 6.49. The molecule has 0 saturated carbocycles. The molecule has 3 aliphatic rings. The molecule has 5 rings (SSSR count). The molecule has 0 bridgehead atoms. The van der Waals surface area contributed by atoms with E-state index in [2.05, 4.69) is 4.90 Å². The molecule has 2 saturated heterocycles. The van der Waals surface area contributed by atoms with Gasteiger partial charge in [-0.1, -0.05) is 29.8 Å². The number of benzene rings is 2. The third-order valence-corrected chi connectivity index (χ3v) is 6.03. The fourth-order valence-electron chi connectivity index (χ4n) is 4.24. The number of fused-ring (bicyclic) bond motifs is 1. The second-order valence-electron chi connectivity index (χ2n) is 7.59. The highest BCUT2D eigenvalue weighted by Crippen LogP contribution is 2.38. The van der Waals surface area contributed by atoms with Gasteiger partial charge in [0.15, 0.2) is 0 Å². The number of imide groups is 1. The predicted molar refractivity (Wildman–Crippen MR) is 114 cm³/mol. The Kier molecular flexibility index (Phi) is 5.03. The zero-order valence-electron chi connectivity index (χ0n) is 16.6. The van der Waals surface area contributed by atoms with Gasteiger partial charge in [-0.3, -0.25) is 19.4 Å². The minimum Gasteiger partial charge on any atom is -0.442 e. The number of ether oxygens (including phenoxy) is 2. The number of hydrogen-bond donors (Lipinski definition) is 0. The standard InChI is InChI=1S/C22H20ClN3O5/c23-17-6-3-7-18(19(17)24-8-10-30-11-9-24)25-12-14(31-22(25)29)13-26-20(27)15-4-1-2-5-16(15)21(26)28/h1-7,14H,8-13H2. The first kappa shape index (κ1) is 19.8. The van der Waals surface area contributed by atoms with Gasteiger partial charge in [-0.2, -0.15) is 0 Å². The minimum atomic E-state index is -0.633. The Labute approximate surface area is 183 Å². The number of para-hydroxylation sites is 1. The van der Waals surface area contributed by atoms with Crippen molar-refractivity contribution in [2.45, 2.75) is 6.10 Å². The highest BCUT2D eigenvalue weighted by Gasteiger charge is 2.41. The minimum absolute atomic E-state index is 0.00202. The average Bonchev–Trinajstić information content (AvgIpc) is 3.27. The maximum absolute atomic E-state index is 12.7. The molecule has 160 valence electrons. The van der Waals surface area contributed by atoms with Crippen LogP contribution in [0.2, 0.25) is 5.02 Å². The third-order valence-electron chi connectivity index (χ3n) is 5.72. The highest BCUT2D eigenvalue weighted by molar-refractivity contribution is 6.34. The van der Waals surface area contributed by atoms with Crippen LogP contribution in [0.4, 0.5) is 16.2 Å². The lowest BCUT2D eigenvalue weighted by atomic mass is 10.1. The molecule has 0 spiro atoms. The predicted octanol–water partition coefficient (Wildman–Crippen LogP) is 2.80. The maximum Gasteiger partial charge on any atom is 0.414 e. The second kappa shape index (κ2) is 7.86. The van der Waals surface area contributed by atoms with Gasteiger partial charge < -0.3 is 14.4 Å². The Morgan fingerprint density at radius 3 is 2.29 bits per heavy atom. The van der Waals surface area contributed by atoms with Crippen LogP contribution in [0.1, 0.15) is 20.7 Å². The van der Waals surface area contributed by atoms with Gasteiger partial charge in [0.2, 0.25) is 0 Å². The lowest BCUT2D eigenvalue weighted by Gasteiger charge is -2.32. The van der Waals surface area contributed by atoms with E-state index >= 15 is 0 Å². The van der Waals surface area contributed by atoms with Crippen molar-refractivity contribution in [3.05, 3.63) is 58.6 Å². The van der Waals surface area contributed by atoms with Gasteiger partial charge in [-0.25, -0.2) is 4.79 Å². The fraction of sp³-hybridized carbons (Fsp3) is 0.318. The van der Waals surface area contributed by atoms with Gasteiger partial charge in [-0.05, 0) is 24.3 Å². The van der Waals surface area contributed by atoms with Crippen molar-refractivity contribution in [2.24, 2.45) is 0 Å². The summed E-state index contributed by atoms with van der Waals surface area (Å²) in [5.74, 6) is -0.737. The van der Waals surface area contributed by atoms with E-state index in [1.807, 2.05) is 6.07 Å². The second-order valence-corrected chi connectivity index (χ2v) is 8.00. The Morgan fingerprint density at radius 2 is 1.61 bits per heavy atom. The molecule has 0 radical (unpaired) electrons. The van der Waals surface area contributed by atoms with E-state index in [0.717, 1.165) is 10.6 Å². The number of halogens is 1. The molecule has 9 heteroatoms. The lowest BCUT2D eigenvalue weighted by molar-refractivity contribution is 0.0558. The van der Waals surface area contributed by atoms with Gasteiger partial charge in [-0.15, -0.1) is 0 Å². The van der Waals surface area contributed by atoms with E-state index in [1.54, 1.807) is 36.4 Å². The monoisotopic (exact) mass is 441 g/mol. The van der Waals surface area contributed by atoms with Crippen molar-refractivity contribution in [1.82, 2.24) is 4.90 Å². The first-order chi connectivity index (χ1) is 15.0. The smallest absolute Gasteiger partial charge is 0.414 e. The quantitative estimate of drug-likeness (QED) is 0.679. The summed E-state index contributed by atoms with van der Waals surface area (Å²) in [7, 11) is 0. The number of rotatable bonds is 4. The van der Waals surface area contributed by atoms with Gasteiger partial charge in [0.05, 0.1) is 53.8 Å². The lowest BCUT2D eigenvalue weighted by Crippen LogP contribution is -2.39. The van der Waals surface area contributed by atoms with Gasteiger partial charge >= 0.3 is 6.09 Å². The number of amides is 3. The topological polar surface area (TPSA) is 79.4 Å². The first-order valence-corrected chi connectivity index (χ1v) is 10.5. The molecule has 0 aliphatic carbocycles. The molecule has 1 unspecified atom stereocenters. The van der Waals surface area contributed by atoms with Crippen molar-refractivity contribution in [1.29, 1.82) is 0 Å². The number of anilines is 2. The van der Waals surface area contributed by atoms with Gasteiger partial charge in [0.1, 0.15) is 6.10 Å². The van der Waals surface area contributed by atoms with E-state index < -0.39 is 12.2 Å². The molecule has 3 amide bonds. The average molecular weight is 442 g/mol. The SMILES string of the molecule is O=C1c2ccccc2C(=O)N1CC1CN(c2cccc(Cl)c2N2CCOCC2)C(=O)O1. The Balaban J connectivity index is 1.37. The Bertz CT molecular complexity index is 1030. The number of nitrogens with zero attached hydrogens (tertiary/aromatic N) is 3. The highest BCUT2D eigenvalue weighted by atomic mass is 35.5. The molecule has 8 nitrogen and oxygen atoms in total. The zero-order chi connectivity index (χ0) is 21.5. The van der Waals surface area contributed by atoms with Crippen LogP contribution >= 0.6 is 11.6 Å². The molecular formula is C22H20ClN3O5. The van der Waals surface area contributed by atoms with Crippen molar-refractivity contribution >= 4 is 40.9 Å². The van der Waals surface area contributed by atoms with E-state index in [1.165, 1.54) is 4.90 Å². The summed E-state index contributed by atoms with van der Waals surface area (Å²) in [6.45, 7) is 2.71. The summed E-state index contributed by atoms with van der Waals surface area (Å²) in [5.41, 5.74) is 2.14. The van der Waals surface area contributed by atoms with Crippen molar-refractivity contribution < 1.29 is 23.9 Å². The Morgan fingerprint density at radius 1 is 0.935 bits per heavy atom. The number of carbonyl (C=O) groups excluding carboxylic acids is 3. The van der Waals surface area contributed by atoms with E-state index in [4.69, 9.17) is 21.1 Å². The molecule has 2 fully saturated rings. The van der Waals surface area contributed by atoms with Gasteiger partial charge in [0, 0.05) is 13.1 Å². The molecule has 0 aromatic heterocycles. The zero-order valence-corrected chi connectivity index (χ0v) is 17.4. The van der Waals surface area contributed by atoms with E-state index in [-0.39, 0.29) is 24.9 Å². The molecule has 0 N–H and O–H groups in total. The van der Waals surface area contributed by atoms with Crippen LogP contribution in [-0.2, 0) is 9.47 Å². The molecule has 2 aromatic carbocycles. The molecule has 2 aromatic rings.